The highest BCUT2D eigenvalue weighted by Crippen LogP contribution is 2.27. The third kappa shape index (κ3) is 3.65. The zero-order valence-electron chi connectivity index (χ0n) is 10.6. The molecule has 0 aliphatic carbocycles. The van der Waals surface area contributed by atoms with Gasteiger partial charge in [-0.2, -0.15) is 14.0 Å². The predicted octanol–water partition coefficient (Wildman–Crippen LogP) is 2.90. The van der Waals surface area contributed by atoms with Crippen molar-refractivity contribution in [3.8, 4) is 11.8 Å². The maximum atomic E-state index is 12.4. The summed E-state index contributed by atoms with van der Waals surface area (Å²) in [5.74, 6) is -1.07. The summed E-state index contributed by atoms with van der Waals surface area (Å²) in [5.41, 5.74) is 0.539. The molecule has 0 aromatic heterocycles. The molecule has 1 aromatic rings. The second-order valence-corrected chi connectivity index (χ2v) is 3.57. The number of nitriles is 1. The fourth-order valence-electron chi connectivity index (χ4n) is 1.64. The Bertz CT molecular complexity index is 509. The first-order chi connectivity index (χ1) is 9.03. The van der Waals surface area contributed by atoms with E-state index in [-0.39, 0.29) is 23.5 Å². The van der Waals surface area contributed by atoms with Crippen molar-refractivity contribution in [3.05, 3.63) is 28.8 Å². The summed E-state index contributed by atoms with van der Waals surface area (Å²) in [4.78, 5) is 11.8. The number of ether oxygens (including phenoxy) is 2. The average molecular weight is 269 g/mol. The molecule has 0 radical (unpaired) electrons. The van der Waals surface area contributed by atoms with Crippen molar-refractivity contribution in [1.82, 2.24) is 0 Å². The van der Waals surface area contributed by atoms with Gasteiger partial charge >= 0.3 is 12.6 Å². The minimum Gasteiger partial charge on any atom is -0.462 e. The molecule has 0 amide bonds. The van der Waals surface area contributed by atoms with Crippen LogP contribution in [-0.2, 0) is 11.2 Å². The summed E-state index contributed by atoms with van der Waals surface area (Å²) in [6.07, 6.45) is 0.392. The van der Waals surface area contributed by atoms with Crippen LogP contribution in [0.4, 0.5) is 8.78 Å². The Morgan fingerprint density at radius 1 is 1.42 bits per heavy atom. The predicted molar refractivity (Wildman–Crippen MR) is 63.1 cm³/mol. The van der Waals surface area contributed by atoms with Crippen molar-refractivity contribution in [2.75, 3.05) is 6.61 Å². The number of nitrogens with zero attached hydrogens (tertiary/aromatic N) is 1. The molecule has 1 rings (SSSR count). The number of alkyl halides is 2. The molecule has 0 heterocycles. The summed E-state index contributed by atoms with van der Waals surface area (Å²) < 4.78 is 33.9. The lowest BCUT2D eigenvalue weighted by Crippen LogP contribution is -2.13. The maximum Gasteiger partial charge on any atom is 0.387 e. The Morgan fingerprint density at radius 3 is 2.58 bits per heavy atom. The summed E-state index contributed by atoms with van der Waals surface area (Å²) in [6, 6.07) is 4.41. The van der Waals surface area contributed by atoms with Gasteiger partial charge in [0.2, 0.25) is 0 Å². The highest BCUT2D eigenvalue weighted by atomic mass is 19.3. The van der Waals surface area contributed by atoms with Gasteiger partial charge < -0.3 is 9.47 Å². The summed E-state index contributed by atoms with van der Waals surface area (Å²) in [7, 11) is 0. The zero-order valence-corrected chi connectivity index (χ0v) is 10.6. The Balaban J connectivity index is 3.37. The van der Waals surface area contributed by atoms with Gasteiger partial charge in [0.05, 0.1) is 18.2 Å². The number of carbonyl (C=O) groups is 1. The minimum absolute atomic E-state index is 0.0522. The minimum atomic E-state index is -3.08. The van der Waals surface area contributed by atoms with Crippen molar-refractivity contribution in [2.24, 2.45) is 0 Å². The van der Waals surface area contributed by atoms with E-state index < -0.39 is 12.6 Å². The van der Waals surface area contributed by atoms with Crippen LogP contribution in [0.1, 0.15) is 35.3 Å². The summed E-state index contributed by atoms with van der Waals surface area (Å²) in [5, 5.41) is 8.84. The molecule has 1 aromatic carbocycles. The molecule has 0 bridgehead atoms. The summed E-state index contributed by atoms with van der Waals surface area (Å²) in [6.45, 7) is 0.397. The summed E-state index contributed by atoms with van der Waals surface area (Å²) >= 11 is 0. The molecule has 6 heteroatoms. The first-order valence-corrected chi connectivity index (χ1v) is 5.72. The topological polar surface area (TPSA) is 59.3 Å². The molecule has 0 aliphatic rings. The van der Waals surface area contributed by atoms with Gasteiger partial charge in [-0.05, 0) is 31.0 Å². The monoisotopic (exact) mass is 269 g/mol. The molecular formula is C13H13F2NO3. The maximum absolute atomic E-state index is 12.4. The van der Waals surface area contributed by atoms with Crippen LogP contribution in [-0.4, -0.2) is 19.2 Å². The standard InChI is InChI=1S/C13H13F2NO3/c1-3-9-5-8(7-16)6-10(19-13(14)15)11(9)12(17)18-4-2/h5-6,13H,3-4H2,1-2H3. The van der Waals surface area contributed by atoms with E-state index in [1.807, 2.05) is 6.07 Å². The largest absolute Gasteiger partial charge is 0.462 e. The third-order valence-corrected chi connectivity index (χ3v) is 2.39. The lowest BCUT2D eigenvalue weighted by atomic mass is 10.0. The van der Waals surface area contributed by atoms with E-state index in [9.17, 15) is 13.6 Å². The molecular weight excluding hydrogens is 256 g/mol. The van der Waals surface area contributed by atoms with Crippen LogP contribution in [0.15, 0.2) is 12.1 Å². The number of carbonyl (C=O) groups excluding carboxylic acids is 1. The number of benzene rings is 1. The van der Waals surface area contributed by atoms with Crippen molar-refractivity contribution in [2.45, 2.75) is 26.9 Å². The van der Waals surface area contributed by atoms with Gasteiger partial charge in [0.1, 0.15) is 11.3 Å². The lowest BCUT2D eigenvalue weighted by Gasteiger charge is -2.14. The molecule has 4 nitrogen and oxygen atoms in total. The first kappa shape index (κ1) is 14.9. The number of esters is 1. The number of aryl methyl sites for hydroxylation is 1. The molecule has 0 atom stereocenters. The Hall–Kier alpha value is -2.16. The smallest absolute Gasteiger partial charge is 0.387 e. The third-order valence-electron chi connectivity index (χ3n) is 2.39. The van der Waals surface area contributed by atoms with Crippen molar-refractivity contribution < 1.29 is 23.0 Å². The van der Waals surface area contributed by atoms with Gasteiger partial charge in [-0.1, -0.05) is 6.92 Å². The van der Waals surface area contributed by atoms with Crippen molar-refractivity contribution in [1.29, 1.82) is 5.26 Å². The van der Waals surface area contributed by atoms with E-state index in [1.54, 1.807) is 13.8 Å². The zero-order chi connectivity index (χ0) is 14.4. The first-order valence-electron chi connectivity index (χ1n) is 5.72. The Kier molecular flexibility index (Phi) is 5.24. The molecule has 19 heavy (non-hydrogen) atoms. The molecule has 0 unspecified atom stereocenters. The molecule has 0 N–H and O–H groups in total. The van der Waals surface area contributed by atoms with Gasteiger partial charge in [-0.25, -0.2) is 4.79 Å². The van der Waals surface area contributed by atoms with E-state index in [4.69, 9.17) is 10.00 Å². The lowest BCUT2D eigenvalue weighted by molar-refractivity contribution is -0.0505. The van der Waals surface area contributed by atoms with Gasteiger partial charge in [-0.3, -0.25) is 0 Å². The molecule has 0 aliphatic heterocycles. The van der Waals surface area contributed by atoms with Crippen LogP contribution in [0, 0.1) is 11.3 Å². The number of hydrogen-bond acceptors (Lipinski definition) is 4. The molecule has 0 saturated heterocycles. The fraction of sp³-hybridized carbons (Fsp3) is 0.385. The van der Waals surface area contributed by atoms with E-state index in [2.05, 4.69) is 4.74 Å². The van der Waals surface area contributed by atoms with Crippen molar-refractivity contribution in [3.63, 3.8) is 0 Å². The highest BCUT2D eigenvalue weighted by Gasteiger charge is 2.21. The van der Waals surface area contributed by atoms with E-state index in [0.717, 1.165) is 6.07 Å². The molecule has 102 valence electrons. The molecule has 0 fully saturated rings. The van der Waals surface area contributed by atoms with Crippen LogP contribution >= 0.6 is 0 Å². The highest BCUT2D eigenvalue weighted by molar-refractivity contribution is 5.94. The van der Waals surface area contributed by atoms with Crippen LogP contribution in [0.5, 0.6) is 5.75 Å². The van der Waals surface area contributed by atoms with Crippen molar-refractivity contribution >= 4 is 5.97 Å². The van der Waals surface area contributed by atoms with Crippen LogP contribution in [0.2, 0.25) is 0 Å². The van der Waals surface area contributed by atoms with E-state index in [1.165, 1.54) is 6.07 Å². The van der Waals surface area contributed by atoms with Crippen LogP contribution in [0.25, 0.3) is 0 Å². The fourth-order valence-corrected chi connectivity index (χ4v) is 1.64. The second kappa shape index (κ2) is 6.69. The van der Waals surface area contributed by atoms with Gasteiger partial charge in [-0.15, -0.1) is 0 Å². The van der Waals surface area contributed by atoms with Gasteiger partial charge in [0.25, 0.3) is 0 Å². The normalized spacial score (nSPS) is 10.1. The van der Waals surface area contributed by atoms with E-state index in [0.29, 0.717) is 12.0 Å². The average Bonchev–Trinajstić information content (AvgIpc) is 2.37. The van der Waals surface area contributed by atoms with Gasteiger partial charge in [0, 0.05) is 0 Å². The second-order valence-electron chi connectivity index (χ2n) is 3.57. The number of halogens is 2. The molecule has 0 spiro atoms. The Labute approximate surface area is 109 Å². The Morgan fingerprint density at radius 2 is 2.11 bits per heavy atom. The quantitative estimate of drug-likeness (QED) is 0.771. The van der Waals surface area contributed by atoms with Gasteiger partial charge in [0.15, 0.2) is 0 Å². The SMILES string of the molecule is CCOC(=O)c1c(CC)cc(C#N)cc1OC(F)F. The van der Waals surface area contributed by atoms with Crippen LogP contribution < -0.4 is 4.74 Å². The van der Waals surface area contributed by atoms with Crippen LogP contribution in [0.3, 0.4) is 0 Å². The number of rotatable bonds is 5. The number of hydrogen-bond donors (Lipinski definition) is 0. The molecule has 0 saturated carbocycles. The van der Waals surface area contributed by atoms with E-state index >= 15 is 0 Å².